The molecule has 0 aliphatic carbocycles. The average Bonchev–Trinajstić information content (AvgIpc) is 2.51. The summed E-state index contributed by atoms with van der Waals surface area (Å²) < 4.78 is 9.85. The van der Waals surface area contributed by atoms with E-state index in [4.69, 9.17) is 9.47 Å². The molecule has 0 heterocycles. The van der Waals surface area contributed by atoms with Gasteiger partial charge in [-0.15, -0.1) is 0 Å². The zero-order valence-electron chi connectivity index (χ0n) is 15.9. The first-order chi connectivity index (χ1) is 12.0. The topological polar surface area (TPSA) is 93.7 Å². The second kappa shape index (κ2) is 8.90. The number of anilines is 1. The van der Waals surface area contributed by atoms with Crippen molar-refractivity contribution < 1.29 is 23.9 Å². The summed E-state index contributed by atoms with van der Waals surface area (Å²) >= 11 is 0. The van der Waals surface area contributed by atoms with E-state index in [9.17, 15) is 14.4 Å². The van der Waals surface area contributed by atoms with Crippen molar-refractivity contribution in [2.75, 3.05) is 19.0 Å². The van der Waals surface area contributed by atoms with Crippen molar-refractivity contribution in [1.82, 2.24) is 5.32 Å². The van der Waals surface area contributed by atoms with Crippen LogP contribution in [0.4, 0.5) is 10.5 Å². The lowest BCUT2D eigenvalue weighted by Crippen LogP contribution is -2.32. The van der Waals surface area contributed by atoms with Gasteiger partial charge in [0, 0.05) is 12.5 Å². The van der Waals surface area contributed by atoms with Crippen LogP contribution in [0, 0.1) is 18.8 Å². The third kappa shape index (κ3) is 6.48. The van der Waals surface area contributed by atoms with Gasteiger partial charge in [0.25, 0.3) is 0 Å². The molecular weight excluding hydrogens is 336 g/mol. The molecule has 26 heavy (non-hydrogen) atoms. The van der Waals surface area contributed by atoms with Gasteiger partial charge in [0.1, 0.15) is 5.60 Å². The van der Waals surface area contributed by atoms with Gasteiger partial charge < -0.3 is 20.1 Å². The van der Waals surface area contributed by atoms with E-state index in [0.717, 1.165) is 0 Å². The van der Waals surface area contributed by atoms with Crippen LogP contribution in [0.2, 0.25) is 0 Å². The first-order valence-corrected chi connectivity index (χ1v) is 8.00. The van der Waals surface area contributed by atoms with Crippen LogP contribution in [-0.2, 0) is 14.3 Å². The highest BCUT2D eigenvalue weighted by Crippen LogP contribution is 2.24. The number of rotatable bonds is 3. The van der Waals surface area contributed by atoms with Crippen molar-refractivity contribution in [3.8, 4) is 11.8 Å². The summed E-state index contributed by atoms with van der Waals surface area (Å²) in [4.78, 5) is 34.9. The van der Waals surface area contributed by atoms with Gasteiger partial charge in [-0.3, -0.25) is 4.79 Å². The Bertz CT molecular complexity index is 767. The Kier molecular flexibility index (Phi) is 7.20. The fourth-order valence-electron chi connectivity index (χ4n) is 2.05. The zero-order valence-corrected chi connectivity index (χ0v) is 15.9. The van der Waals surface area contributed by atoms with Crippen molar-refractivity contribution in [3.05, 3.63) is 28.8 Å². The number of alkyl carbamates (subject to hydrolysis) is 1. The first-order valence-electron chi connectivity index (χ1n) is 8.00. The molecule has 7 heteroatoms. The van der Waals surface area contributed by atoms with Crippen molar-refractivity contribution in [1.29, 1.82) is 0 Å². The van der Waals surface area contributed by atoms with Gasteiger partial charge >= 0.3 is 12.1 Å². The van der Waals surface area contributed by atoms with E-state index >= 15 is 0 Å². The Hall–Kier alpha value is -3.01. The van der Waals surface area contributed by atoms with Crippen LogP contribution in [0.25, 0.3) is 0 Å². The standard InChI is InChI=1S/C19H24N2O5/c1-12-15(17(23)25-6)10-9-14(16(12)21-13(2)22)8-7-11-20-18(24)26-19(3,4)5/h9-10H,11H2,1-6H3,(H,20,24)(H,21,22). The number of amides is 2. The quantitative estimate of drug-likeness (QED) is 0.638. The Balaban J connectivity index is 2.99. The molecule has 0 radical (unpaired) electrons. The minimum atomic E-state index is -0.586. The van der Waals surface area contributed by atoms with E-state index in [0.29, 0.717) is 22.4 Å². The molecule has 0 saturated carbocycles. The lowest BCUT2D eigenvalue weighted by molar-refractivity contribution is -0.114. The molecule has 0 unspecified atom stereocenters. The predicted octanol–water partition coefficient (Wildman–Crippen LogP) is 2.62. The van der Waals surface area contributed by atoms with Crippen molar-refractivity contribution in [2.45, 2.75) is 40.2 Å². The molecule has 0 aliphatic heterocycles. The summed E-state index contributed by atoms with van der Waals surface area (Å²) in [7, 11) is 1.29. The third-order valence-electron chi connectivity index (χ3n) is 3.11. The lowest BCUT2D eigenvalue weighted by Gasteiger charge is -2.19. The molecule has 0 spiro atoms. The second-order valence-corrected chi connectivity index (χ2v) is 6.49. The molecule has 1 aromatic rings. The smallest absolute Gasteiger partial charge is 0.408 e. The van der Waals surface area contributed by atoms with Crippen LogP contribution in [0.1, 0.15) is 49.2 Å². The molecule has 2 N–H and O–H groups in total. The fourth-order valence-corrected chi connectivity index (χ4v) is 2.05. The van der Waals surface area contributed by atoms with E-state index < -0.39 is 17.7 Å². The van der Waals surface area contributed by atoms with Crippen molar-refractivity contribution in [2.24, 2.45) is 0 Å². The maximum Gasteiger partial charge on any atom is 0.408 e. The molecule has 0 fully saturated rings. The normalized spacial score (nSPS) is 10.2. The molecule has 140 valence electrons. The molecule has 0 saturated heterocycles. The van der Waals surface area contributed by atoms with Gasteiger partial charge in [-0.05, 0) is 45.4 Å². The molecule has 0 bridgehead atoms. The minimum absolute atomic E-state index is 0.0756. The van der Waals surface area contributed by atoms with Crippen LogP contribution in [0.3, 0.4) is 0 Å². The van der Waals surface area contributed by atoms with E-state index in [2.05, 4.69) is 22.5 Å². The minimum Gasteiger partial charge on any atom is -0.465 e. The number of ether oxygens (including phenoxy) is 2. The summed E-state index contributed by atoms with van der Waals surface area (Å²) in [5.41, 5.74) is 1.27. The maximum atomic E-state index is 11.8. The molecule has 1 rings (SSSR count). The predicted molar refractivity (Wildman–Crippen MR) is 97.9 cm³/mol. The van der Waals surface area contributed by atoms with E-state index in [1.54, 1.807) is 39.8 Å². The highest BCUT2D eigenvalue weighted by atomic mass is 16.6. The number of carbonyl (C=O) groups is 3. The van der Waals surface area contributed by atoms with Crippen molar-refractivity contribution >= 4 is 23.7 Å². The number of hydrogen-bond acceptors (Lipinski definition) is 5. The monoisotopic (exact) mass is 360 g/mol. The highest BCUT2D eigenvalue weighted by Gasteiger charge is 2.16. The van der Waals surface area contributed by atoms with Crippen LogP contribution in [-0.4, -0.2) is 37.2 Å². The lowest BCUT2D eigenvalue weighted by atomic mass is 10.0. The van der Waals surface area contributed by atoms with Gasteiger partial charge in [-0.1, -0.05) is 11.8 Å². The molecule has 0 atom stereocenters. The van der Waals surface area contributed by atoms with Gasteiger partial charge in [-0.25, -0.2) is 9.59 Å². The molecular formula is C19H24N2O5. The Morgan fingerprint density at radius 2 is 1.85 bits per heavy atom. The summed E-state index contributed by atoms with van der Waals surface area (Å²) in [6.45, 7) is 8.44. The third-order valence-corrected chi connectivity index (χ3v) is 3.11. The number of carbonyl (C=O) groups excluding carboxylic acids is 3. The molecule has 0 aliphatic rings. The van der Waals surface area contributed by atoms with Crippen LogP contribution in [0.5, 0.6) is 0 Å². The number of nitrogens with one attached hydrogen (secondary N) is 2. The van der Waals surface area contributed by atoms with Crippen LogP contribution in [0.15, 0.2) is 12.1 Å². The van der Waals surface area contributed by atoms with Gasteiger partial charge in [0.15, 0.2) is 0 Å². The fraction of sp³-hybridized carbons (Fsp3) is 0.421. The number of benzene rings is 1. The summed E-state index contributed by atoms with van der Waals surface area (Å²) in [6.07, 6.45) is -0.564. The van der Waals surface area contributed by atoms with Gasteiger partial charge in [0.05, 0.1) is 24.9 Å². The maximum absolute atomic E-state index is 11.8. The van der Waals surface area contributed by atoms with Crippen LogP contribution >= 0.6 is 0 Å². The first kappa shape index (κ1) is 21.0. The Morgan fingerprint density at radius 1 is 1.19 bits per heavy atom. The van der Waals surface area contributed by atoms with Crippen molar-refractivity contribution in [3.63, 3.8) is 0 Å². The van der Waals surface area contributed by atoms with Gasteiger partial charge in [-0.2, -0.15) is 0 Å². The summed E-state index contributed by atoms with van der Waals surface area (Å²) in [5.74, 6) is 4.88. The largest absolute Gasteiger partial charge is 0.465 e. The van der Waals surface area contributed by atoms with Gasteiger partial charge in [0.2, 0.25) is 5.91 Å². The molecule has 1 aromatic carbocycles. The van der Waals surface area contributed by atoms with E-state index in [1.165, 1.54) is 14.0 Å². The molecule has 2 amide bonds. The zero-order chi connectivity index (χ0) is 19.9. The highest BCUT2D eigenvalue weighted by molar-refractivity contribution is 5.97. The van der Waals surface area contributed by atoms with E-state index in [-0.39, 0.29) is 12.5 Å². The summed E-state index contributed by atoms with van der Waals surface area (Å²) in [5, 5.41) is 5.21. The number of esters is 1. The number of hydrogen-bond donors (Lipinski definition) is 2. The van der Waals surface area contributed by atoms with E-state index in [1.807, 2.05) is 0 Å². The Morgan fingerprint density at radius 3 is 2.38 bits per heavy atom. The SMILES string of the molecule is COC(=O)c1ccc(C#CCNC(=O)OC(C)(C)C)c(NC(C)=O)c1C. The molecule has 7 nitrogen and oxygen atoms in total. The molecule has 0 aromatic heterocycles. The average molecular weight is 360 g/mol. The second-order valence-electron chi connectivity index (χ2n) is 6.49. The van der Waals surface area contributed by atoms with Crippen LogP contribution < -0.4 is 10.6 Å². The summed E-state index contributed by atoms with van der Waals surface area (Å²) in [6, 6.07) is 3.20. The Labute approximate surface area is 153 Å². The number of methoxy groups -OCH3 is 1.